The Hall–Kier alpha value is -1.66. The Morgan fingerprint density at radius 1 is 1.12 bits per heavy atom. The molecule has 2 aliphatic rings. The Morgan fingerprint density at radius 3 is 2.54 bits per heavy atom. The van der Waals surface area contributed by atoms with Gasteiger partial charge in [-0.05, 0) is 44.0 Å². The van der Waals surface area contributed by atoms with Crippen LogP contribution >= 0.6 is 0 Å². The molecule has 0 aromatic heterocycles. The monoisotopic (exact) mass is 362 g/mol. The first-order valence-electron chi connectivity index (χ1n) is 9.85. The van der Waals surface area contributed by atoms with Crippen LogP contribution in [0.15, 0.2) is 24.3 Å². The van der Waals surface area contributed by atoms with Crippen molar-refractivity contribution in [3.05, 3.63) is 35.6 Å². The lowest BCUT2D eigenvalue weighted by Gasteiger charge is -2.35. The summed E-state index contributed by atoms with van der Waals surface area (Å²) in [5.74, 6) is -0.200. The molecule has 144 valence electrons. The number of amides is 2. The van der Waals surface area contributed by atoms with Crippen molar-refractivity contribution in [1.82, 2.24) is 20.0 Å². The number of urea groups is 1. The van der Waals surface area contributed by atoms with Crippen LogP contribution in [0.4, 0.5) is 9.18 Å². The largest absolute Gasteiger partial charge is 0.337 e. The first kappa shape index (κ1) is 19.1. The number of halogens is 1. The highest BCUT2D eigenvalue weighted by Crippen LogP contribution is 2.15. The summed E-state index contributed by atoms with van der Waals surface area (Å²) < 4.78 is 13.0. The number of rotatable bonds is 5. The smallest absolute Gasteiger partial charge is 0.317 e. The van der Waals surface area contributed by atoms with E-state index in [-0.39, 0.29) is 11.8 Å². The van der Waals surface area contributed by atoms with Crippen LogP contribution in [-0.4, -0.2) is 72.6 Å². The van der Waals surface area contributed by atoms with Gasteiger partial charge in [0.05, 0.1) is 0 Å². The van der Waals surface area contributed by atoms with Crippen LogP contribution < -0.4 is 5.32 Å². The van der Waals surface area contributed by atoms with Gasteiger partial charge in [0, 0.05) is 51.9 Å². The molecule has 0 spiro atoms. The lowest BCUT2D eigenvalue weighted by atomic mass is 10.0. The zero-order valence-electron chi connectivity index (χ0n) is 15.8. The fourth-order valence-electron chi connectivity index (χ4n) is 3.87. The van der Waals surface area contributed by atoms with Gasteiger partial charge in [0.1, 0.15) is 5.82 Å². The number of carbonyl (C=O) groups excluding carboxylic acids is 1. The third-order valence-corrected chi connectivity index (χ3v) is 5.59. The van der Waals surface area contributed by atoms with Crippen molar-refractivity contribution >= 4 is 6.03 Å². The van der Waals surface area contributed by atoms with E-state index in [0.717, 1.165) is 57.9 Å². The maximum atomic E-state index is 13.0. The van der Waals surface area contributed by atoms with Crippen LogP contribution in [0.25, 0.3) is 0 Å². The van der Waals surface area contributed by atoms with Gasteiger partial charge in [0.2, 0.25) is 0 Å². The molecule has 1 aromatic carbocycles. The molecule has 0 saturated carbocycles. The van der Waals surface area contributed by atoms with Gasteiger partial charge in [-0.25, -0.2) is 9.18 Å². The molecule has 6 heteroatoms. The summed E-state index contributed by atoms with van der Waals surface area (Å²) in [6.07, 6.45) is 3.87. The van der Waals surface area contributed by atoms with E-state index in [1.54, 1.807) is 0 Å². The highest BCUT2D eigenvalue weighted by atomic mass is 19.1. The van der Waals surface area contributed by atoms with Crippen LogP contribution in [0, 0.1) is 5.82 Å². The highest BCUT2D eigenvalue weighted by molar-refractivity contribution is 5.74. The van der Waals surface area contributed by atoms with Gasteiger partial charge in [-0.15, -0.1) is 0 Å². The summed E-state index contributed by atoms with van der Waals surface area (Å²) in [7, 11) is 0. The summed E-state index contributed by atoms with van der Waals surface area (Å²) in [5.41, 5.74) is 1.11. The fraction of sp³-hybridized carbons (Fsp3) is 0.650. The number of likely N-dealkylation sites (tertiary alicyclic amines) is 1. The van der Waals surface area contributed by atoms with E-state index in [2.05, 4.69) is 22.0 Å². The molecule has 2 heterocycles. The number of piperazine rings is 1. The molecule has 3 rings (SSSR count). The Labute approximate surface area is 156 Å². The third-order valence-electron chi connectivity index (χ3n) is 5.59. The quantitative estimate of drug-likeness (QED) is 0.875. The summed E-state index contributed by atoms with van der Waals surface area (Å²) in [5, 5.41) is 3.08. The third kappa shape index (κ3) is 5.42. The van der Waals surface area contributed by atoms with Gasteiger partial charge >= 0.3 is 6.03 Å². The molecular weight excluding hydrogens is 331 g/mol. The molecule has 0 aliphatic carbocycles. The Kier molecular flexibility index (Phi) is 6.86. The summed E-state index contributed by atoms with van der Waals surface area (Å²) >= 11 is 0. The molecule has 26 heavy (non-hydrogen) atoms. The molecule has 1 atom stereocenters. The van der Waals surface area contributed by atoms with E-state index in [0.29, 0.717) is 6.04 Å². The van der Waals surface area contributed by atoms with Gasteiger partial charge in [0.15, 0.2) is 0 Å². The minimum absolute atomic E-state index is 0.0519. The van der Waals surface area contributed by atoms with E-state index >= 15 is 0 Å². The number of hydrogen-bond donors (Lipinski definition) is 1. The van der Waals surface area contributed by atoms with Gasteiger partial charge in [-0.1, -0.05) is 18.6 Å². The molecule has 2 fully saturated rings. The van der Waals surface area contributed by atoms with E-state index in [1.807, 2.05) is 17.0 Å². The summed E-state index contributed by atoms with van der Waals surface area (Å²) in [4.78, 5) is 19.1. The van der Waals surface area contributed by atoms with Crippen molar-refractivity contribution in [2.45, 2.75) is 38.8 Å². The van der Waals surface area contributed by atoms with Crippen LogP contribution in [-0.2, 0) is 6.54 Å². The Morgan fingerprint density at radius 2 is 1.85 bits per heavy atom. The standard InChI is InChI=1S/C20H31FN4O/c1-17-4-2-3-10-24(17)11-9-22-20(26)25-14-12-23(13-15-25)16-18-5-7-19(21)8-6-18/h5-8,17H,2-4,9-16H2,1H3,(H,22,26). The molecule has 0 radical (unpaired) electrons. The number of nitrogens with zero attached hydrogens (tertiary/aromatic N) is 3. The maximum Gasteiger partial charge on any atom is 0.317 e. The van der Waals surface area contributed by atoms with Crippen molar-refractivity contribution < 1.29 is 9.18 Å². The fourth-order valence-corrected chi connectivity index (χ4v) is 3.87. The molecule has 2 saturated heterocycles. The van der Waals surface area contributed by atoms with Gasteiger partial charge in [-0.2, -0.15) is 0 Å². The molecule has 1 unspecified atom stereocenters. The number of piperidine rings is 1. The van der Waals surface area contributed by atoms with Gasteiger partial charge < -0.3 is 10.2 Å². The molecule has 0 bridgehead atoms. The second-order valence-corrected chi connectivity index (χ2v) is 7.50. The molecule has 1 aromatic rings. The van der Waals surface area contributed by atoms with Crippen molar-refractivity contribution in [3.8, 4) is 0 Å². The number of hydrogen-bond acceptors (Lipinski definition) is 3. The minimum atomic E-state index is -0.200. The van der Waals surface area contributed by atoms with E-state index in [9.17, 15) is 9.18 Å². The zero-order chi connectivity index (χ0) is 18.4. The van der Waals surface area contributed by atoms with Crippen LogP contribution in [0.5, 0.6) is 0 Å². The SMILES string of the molecule is CC1CCCCN1CCNC(=O)N1CCN(Cc2ccc(F)cc2)CC1. The molecular formula is C20H31FN4O. The average molecular weight is 362 g/mol. The average Bonchev–Trinajstić information content (AvgIpc) is 2.66. The van der Waals surface area contributed by atoms with E-state index in [4.69, 9.17) is 0 Å². The predicted molar refractivity (Wildman–Crippen MR) is 102 cm³/mol. The molecule has 1 N–H and O–H groups in total. The number of carbonyl (C=O) groups is 1. The van der Waals surface area contributed by atoms with Gasteiger partial charge in [-0.3, -0.25) is 9.80 Å². The van der Waals surface area contributed by atoms with Crippen molar-refractivity contribution in [3.63, 3.8) is 0 Å². The Balaban J connectivity index is 1.34. The van der Waals surface area contributed by atoms with Crippen LogP contribution in [0.2, 0.25) is 0 Å². The highest BCUT2D eigenvalue weighted by Gasteiger charge is 2.22. The van der Waals surface area contributed by atoms with Crippen molar-refractivity contribution in [2.24, 2.45) is 0 Å². The topological polar surface area (TPSA) is 38.8 Å². The number of nitrogens with one attached hydrogen (secondary N) is 1. The predicted octanol–water partition coefficient (Wildman–Crippen LogP) is 2.53. The lowest BCUT2D eigenvalue weighted by molar-refractivity contribution is 0.131. The first-order valence-corrected chi connectivity index (χ1v) is 9.85. The molecule has 5 nitrogen and oxygen atoms in total. The van der Waals surface area contributed by atoms with Crippen LogP contribution in [0.3, 0.4) is 0 Å². The summed E-state index contributed by atoms with van der Waals surface area (Å²) in [6.45, 7) is 9.10. The second-order valence-electron chi connectivity index (χ2n) is 7.50. The number of benzene rings is 1. The molecule has 2 amide bonds. The van der Waals surface area contributed by atoms with Crippen molar-refractivity contribution in [1.29, 1.82) is 0 Å². The first-order chi connectivity index (χ1) is 12.6. The van der Waals surface area contributed by atoms with Crippen LogP contribution in [0.1, 0.15) is 31.7 Å². The van der Waals surface area contributed by atoms with Crippen molar-refractivity contribution in [2.75, 3.05) is 45.8 Å². The van der Waals surface area contributed by atoms with E-state index in [1.165, 1.54) is 31.4 Å². The normalized spacial score (nSPS) is 22.4. The Bertz CT molecular complexity index is 572. The van der Waals surface area contributed by atoms with Gasteiger partial charge in [0.25, 0.3) is 0 Å². The van der Waals surface area contributed by atoms with E-state index < -0.39 is 0 Å². The maximum absolute atomic E-state index is 13.0. The lowest BCUT2D eigenvalue weighted by Crippen LogP contribution is -2.52. The zero-order valence-corrected chi connectivity index (χ0v) is 15.8. The molecule has 2 aliphatic heterocycles. The minimum Gasteiger partial charge on any atom is -0.337 e. The summed E-state index contributed by atoms with van der Waals surface area (Å²) in [6, 6.07) is 7.35. The second kappa shape index (κ2) is 9.33.